The van der Waals surface area contributed by atoms with E-state index in [1.165, 1.54) is 0 Å². The molecule has 2 aromatic carbocycles. The molecule has 94 valence electrons. The summed E-state index contributed by atoms with van der Waals surface area (Å²) in [5.41, 5.74) is 1.04. The monoisotopic (exact) mass is 342 g/mol. The molecule has 0 saturated carbocycles. The minimum Gasteiger partial charge on any atom is -0.212 e. The summed E-state index contributed by atoms with van der Waals surface area (Å²) in [5, 5.41) is 0. The summed E-state index contributed by atoms with van der Waals surface area (Å²) in [6, 6.07) is 14.1. The molecule has 0 fully saturated rings. The average Bonchev–Trinajstić information content (AvgIpc) is 2.32. The molecule has 0 aliphatic heterocycles. The third-order valence-corrected chi connectivity index (χ3v) is 6.20. The molecule has 0 heterocycles. The largest absolute Gasteiger partial charge is 0.234 e. The topological polar surface area (TPSA) is 34.1 Å². The maximum absolute atomic E-state index is 12.1. The van der Waals surface area contributed by atoms with Crippen LogP contribution in [0.15, 0.2) is 62.8 Å². The third-order valence-electron chi connectivity index (χ3n) is 2.33. The SMILES string of the molecule is Cc1ccc(S(=O)(=O)Sc2ccc(Br)cc2)cc1. The number of halogens is 1. The van der Waals surface area contributed by atoms with Crippen molar-refractivity contribution >= 4 is 35.6 Å². The summed E-state index contributed by atoms with van der Waals surface area (Å²) in [6.07, 6.45) is 0. The van der Waals surface area contributed by atoms with E-state index in [0.29, 0.717) is 9.79 Å². The van der Waals surface area contributed by atoms with E-state index in [1.54, 1.807) is 36.4 Å². The molecule has 0 atom stereocenters. The molecule has 0 spiro atoms. The van der Waals surface area contributed by atoms with Crippen molar-refractivity contribution in [1.82, 2.24) is 0 Å². The predicted octanol–water partition coefficient (Wildman–Crippen LogP) is 4.24. The molecule has 2 rings (SSSR count). The fourth-order valence-electron chi connectivity index (χ4n) is 1.37. The first-order chi connectivity index (χ1) is 8.47. The minimum absolute atomic E-state index is 0.334. The van der Waals surface area contributed by atoms with Gasteiger partial charge < -0.3 is 0 Å². The second-order valence-corrected chi connectivity index (χ2v) is 8.55. The summed E-state index contributed by atoms with van der Waals surface area (Å²) in [5.74, 6) is 0. The van der Waals surface area contributed by atoms with Gasteiger partial charge in [0.2, 0.25) is 8.87 Å². The quantitative estimate of drug-likeness (QED) is 0.782. The molecule has 2 nitrogen and oxygen atoms in total. The molecule has 0 unspecified atom stereocenters. The Balaban J connectivity index is 2.27. The van der Waals surface area contributed by atoms with Crippen LogP contribution in [0.25, 0.3) is 0 Å². The first-order valence-corrected chi connectivity index (χ1v) is 8.85. The molecule has 18 heavy (non-hydrogen) atoms. The summed E-state index contributed by atoms with van der Waals surface area (Å²) < 4.78 is 25.2. The van der Waals surface area contributed by atoms with Crippen molar-refractivity contribution in [1.29, 1.82) is 0 Å². The molecule has 0 N–H and O–H groups in total. The highest BCUT2D eigenvalue weighted by molar-refractivity contribution is 9.10. The Bertz CT molecular complexity index is 632. The van der Waals surface area contributed by atoms with Crippen LogP contribution in [0.4, 0.5) is 0 Å². The smallest absolute Gasteiger partial charge is 0.212 e. The zero-order valence-corrected chi connectivity index (χ0v) is 12.8. The Hall–Kier alpha value is -0.780. The van der Waals surface area contributed by atoms with Gasteiger partial charge in [-0.2, -0.15) is 0 Å². The van der Waals surface area contributed by atoms with E-state index in [1.807, 2.05) is 19.1 Å². The fraction of sp³-hybridized carbons (Fsp3) is 0.0769. The van der Waals surface area contributed by atoms with Crippen molar-refractivity contribution in [3.63, 3.8) is 0 Å². The number of hydrogen-bond donors (Lipinski definition) is 0. The van der Waals surface area contributed by atoms with Crippen molar-refractivity contribution in [2.24, 2.45) is 0 Å². The minimum atomic E-state index is -3.34. The molecule has 0 radical (unpaired) electrons. The molecule has 0 saturated heterocycles. The van der Waals surface area contributed by atoms with Crippen LogP contribution in [0, 0.1) is 6.92 Å². The highest BCUT2D eigenvalue weighted by Gasteiger charge is 2.16. The van der Waals surface area contributed by atoms with Crippen molar-refractivity contribution in [3.8, 4) is 0 Å². The first-order valence-electron chi connectivity index (χ1n) is 5.24. The van der Waals surface area contributed by atoms with Gasteiger partial charge in [-0.3, -0.25) is 0 Å². The van der Waals surface area contributed by atoms with E-state index < -0.39 is 8.87 Å². The Kier molecular flexibility index (Phi) is 4.14. The maximum atomic E-state index is 12.1. The zero-order chi connectivity index (χ0) is 13.2. The van der Waals surface area contributed by atoms with Crippen LogP contribution in [0.1, 0.15) is 5.56 Å². The average molecular weight is 343 g/mol. The molecular formula is C13H11BrO2S2. The van der Waals surface area contributed by atoms with Crippen LogP contribution in [0.5, 0.6) is 0 Å². The van der Waals surface area contributed by atoms with Gasteiger partial charge in [0.15, 0.2) is 0 Å². The van der Waals surface area contributed by atoms with Crippen molar-refractivity contribution < 1.29 is 8.42 Å². The molecule has 0 amide bonds. The van der Waals surface area contributed by atoms with E-state index in [2.05, 4.69) is 15.9 Å². The highest BCUT2D eigenvalue weighted by atomic mass is 79.9. The summed E-state index contributed by atoms with van der Waals surface area (Å²) in [7, 11) is -2.48. The fourth-order valence-corrected chi connectivity index (χ4v) is 4.42. The lowest BCUT2D eigenvalue weighted by atomic mass is 10.2. The molecule has 5 heteroatoms. The lowest BCUT2D eigenvalue weighted by Gasteiger charge is -2.04. The predicted molar refractivity (Wildman–Crippen MR) is 78.4 cm³/mol. The van der Waals surface area contributed by atoms with Crippen molar-refractivity contribution in [3.05, 3.63) is 58.6 Å². The van der Waals surface area contributed by atoms with E-state index in [9.17, 15) is 8.42 Å². The van der Waals surface area contributed by atoms with Gasteiger partial charge in [0, 0.05) is 20.2 Å². The maximum Gasteiger partial charge on any atom is 0.234 e. The summed E-state index contributed by atoms with van der Waals surface area (Å²) in [6.45, 7) is 1.93. The Morgan fingerprint density at radius 3 is 2.06 bits per heavy atom. The number of hydrogen-bond acceptors (Lipinski definition) is 3. The third kappa shape index (κ3) is 3.37. The molecule has 0 aliphatic carbocycles. The standard InChI is InChI=1S/C13H11BrO2S2/c1-10-2-8-13(9-3-10)18(15,16)17-12-6-4-11(14)5-7-12/h2-9H,1H3. The number of rotatable bonds is 3. The van der Waals surface area contributed by atoms with E-state index in [0.717, 1.165) is 20.8 Å². The van der Waals surface area contributed by atoms with Gasteiger partial charge in [0.25, 0.3) is 0 Å². The van der Waals surface area contributed by atoms with Gasteiger partial charge in [-0.15, -0.1) is 0 Å². The highest BCUT2D eigenvalue weighted by Crippen LogP contribution is 2.31. The van der Waals surface area contributed by atoms with E-state index in [-0.39, 0.29) is 0 Å². The van der Waals surface area contributed by atoms with Gasteiger partial charge >= 0.3 is 0 Å². The van der Waals surface area contributed by atoms with E-state index in [4.69, 9.17) is 0 Å². The van der Waals surface area contributed by atoms with Gasteiger partial charge in [-0.25, -0.2) is 8.42 Å². The van der Waals surface area contributed by atoms with Crippen LogP contribution < -0.4 is 0 Å². The van der Waals surface area contributed by atoms with Crippen LogP contribution in [-0.4, -0.2) is 8.42 Å². The molecule has 0 aromatic heterocycles. The van der Waals surface area contributed by atoms with Crippen molar-refractivity contribution in [2.75, 3.05) is 0 Å². The molecule has 0 aliphatic rings. The molecule has 2 aromatic rings. The lowest BCUT2D eigenvalue weighted by Crippen LogP contribution is -1.94. The zero-order valence-electron chi connectivity index (χ0n) is 9.63. The Morgan fingerprint density at radius 1 is 0.944 bits per heavy atom. The van der Waals surface area contributed by atoms with Gasteiger partial charge in [0.1, 0.15) is 0 Å². The van der Waals surface area contributed by atoms with Crippen LogP contribution >= 0.6 is 26.7 Å². The number of aryl methyl sites for hydroxylation is 1. The first kappa shape index (κ1) is 13.6. The Labute approximate surface area is 119 Å². The van der Waals surface area contributed by atoms with Crippen LogP contribution in [0.3, 0.4) is 0 Å². The second kappa shape index (κ2) is 5.47. The summed E-state index contributed by atoms with van der Waals surface area (Å²) >= 11 is 3.32. The lowest BCUT2D eigenvalue weighted by molar-refractivity contribution is 0.610. The van der Waals surface area contributed by atoms with Gasteiger partial charge in [-0.1, -0.05) is 33.6 Å². The van der Waals surface area contributed by atoms with Gasteiger partial charge in [-0.05, 0) is 43.3 Å². The molecule has 0 bridgehead atoms. The Morgan fingerprint density at radius 2 is 1.50 bits per heavy atom. The molecular weight excluding hydrogens is 332 g/mol. The van der Waals surface area contributed by atoms with Crippen LogP contribution in [0.2, 0.25) is 0 Å². The van der Waals surface area contributed by atoms with Crippen LogP contribution in [-0.2, 0) is 8.87 Å². The second-order valence-electron chi connectivity index (χ2n) is 3.80. The van der Waals surface area contributed by atoms with Gasteiger partial charge in [0.05, 0.1) is 4.90 Å². The number of benzene rings is 2. The van der Waals surface area contributed by atoms with Crippen molar-refractivity contribution in [2.45, 2.75) is 16.7 Å². The van der Waals surface area contributed by atoms with E-state index >= 15 is 0 Å². The normalized spacial score (nSPS) is 11.4. The summed E-state index contributed by atoms with van der Waals surface area (Å²) in [4.78, 5) is 1.04.